The lowest BCUT2D eigenvalue weighted by Gasteiger charge is -2.07. The monoisotopic (exact) mass is 198 g/mol. The lowest BCUT2D eigenvalue weighted by Crippen LogP contribution is -2.35. The molecule has 14 heavy (non-hydrogen) atoms. The third kappa shape index (κ3) is 7.40. The largest absolute Gasteiger partial charge is 0.352 e. The zero-order chi connectivity index (χ0) is 10.8. The van der Waals surface area contributed by atoms with Gasteiger partial charge in [-0.25, -0.2) is 4.79 Å². The van der Waals surface area contributed by atoms with Crippen molar-refractivity contribution in [3.63, 3.8) is 0 Å². The van der Waals surface area contributed by atoms with E-state index in [2.05, 4.69) is 22.5 Å². The third-order valence-corrected chi connectivity index (χ3v) is 1.61. The molecular weight excluding hydrogens is 180 g/mol. The van der Waals surface area contributed by atoms with Crippen LogP contribution in [0.1, 0.15) is 6.42 Å². The molecule has 0 heterocycles. The molecule has 0 bridgehead atoms. The molecule has 0 aromatic heterocycles. The first-order chi connectivity index (χ1) is 6.70. The number of nitrogens with two attached hydrogens (primary N) is 2. The van der Waals surface area contributed by atoms with Crippen LogP contribution in [0.2, 0.25) is 0 Å². The van der Waals surface area contributed by atoms with E-state index in [1.807, 2.05) is 7.05 Å². The minimum atomic E-state index is -0.541. The van der Waals surface area contributed by atoms with Gasteiger partial charge in [0.2, 0.25) is 0 Å². The van der Waals surface area contributed by atoms with E-state index in [0.29, 0.717) is 13.1 Å². The number of amides is 2. The molecule has 0 saturated carbocycles. The molecule has 5 nitrogen and oxygen atoms in total. The van der Waals surface area contributed by atoms with Crippen LogP contribution in [-0.4, -0.2) is 32.7 Å². The van der Waals surface area contributed by atoms with Crippen LogP contribution in [0.3, 0.4) is 0 Å². The van der Waals surface area contributed by atoms with Gasteiger partial charge in [-0.1, -0.05) is 5.92 Å². The summed E-state index contributed by atoms with van der Waals surface area (Å²) in [5.41, 5.74) is 10.4. The summed E-state index contributed by atoms with van der Waals surface area (Å²) in [5, 5.41) is 5.46. The number of hydrogen-bond acceptors (Lipinski definition) is 3. The topological polar surface area (TPSA) is 93.2 Å². The highest BCUT2D eigenvalue weighted by atomic mass is 16.2. The summed E-state index contributed by atoms with van der Waals surface area (Å²) in [6.45, 7) is 1.69. The van der Waals surface area contributed by atoms with Crippen LogP contribution in [-0.2, 0) is 0 Å². The van der Waals surface area contributed by atoms with E-state index in [1.54, 1.807) is 0 Å². The van der Waals surface area contributed by atoms with Crippen LogP contribution in [0.25, 0.3) is 0 Å². The van der Waals surface area contributed by atoms with Crippen molar-refractivity contribution in [2.45, 2.75) is 6.42 Å². The Morgan fingerprint density at radius 1 is 1.57 bits per heavy atom. The minimum absolute atomic E-state index is 0.0145. The Morgan fingerprint density at radius 3 is 2.79 bits per heavy atom. The molecule has 0 saturated heterocycles. The van der Waals surface area contributed by atoms with Gasteiger partial charge in [-0.05, 0) is 7.05 Å². The quantitative estimate of drug-likeness (QED) is 0.332. The van der Waals surface area contributed by atoms with Crippen molar-refractivity contribution in [1.29, 1.82) is 0 Å². The second-order valence-electron chi connectivity index (χ2n) is 2.85. The summed E-state index contributed by atoms with van der Waals surface area (Å²) in [6, 6.07) is -0.541. The number of primary amides is 1. The number of rotatable bonds is 5. The van der Waals surface area contributed by atoms with Crippen molar-refractivity contribution in [1.82, 2.24) is 10.6 Å². The predicted molar refractivity (Wildman–Crippen MR) is 56.5 cm³/mol. The smallest absolute Gasteiger partial charge is 0.312 e. The fourth-order valence-electron chi connectivity index (χ4n) is 0.821. The van der Waals surface area contributed by atoms with Gasteiger partial charge in [0.05, 0.1) is 0 Å². The Balaban J connectivity index is 3.75. The Morgan fingerprint density at radius 2 is 2.29 bits per heavy atom. The first-order valence-electron chi connectivity index (χ1n) is 4.57. The van der Waals surface area contributed by atoms with Crippen LogP contribution >= 0.6 is 0 Å². The van der Waals surface area contributed by atoms with Crippen molar-refractivity contribution < 1.29 is 4.79 Å². The zero-order valence-corrected chi connectivity index (χ0v) is 8.47. The first-order valence-corrected chi connectivity index (χ1v) is 4.57. The van der Waals surface area contributed by atoms with E-state index in [1.165, 1.54) is 0 Å². The Bertz CT molecular complexity index is 219. The maximum absolute atomic E-state index is 10.4. The Kier molecular flexibility index (Phi) is 7.61. The van der Waals surface area contributed by atoms with E-state index < -0.39 is 6.03 Å². The number of carbonyl (C=O) groups is 1. The fourth-order valence-corrected chi connectivity index (χ4v) is 0.821. The first kappa shape index (κ1) is 12.8. The number of nitrogens with one attached hydrogen (secondary N) is 2. The maximum atomic E-state index is 10.4. The van der Waals surface area contributed by atoms with Gasteiger partial charge in [-0.15, -0.1) is 5.92 Å². The van der Waals surface area contributed by atoms with Gasteiger partial charge in [0.1, 0.15) is 0 Å². The molecule has 1 unspecified atom stereocenters. The molecule has 0 fully saturated rings. The SMILES string of the molecule is CNCCC#CC(CN)CNC(N)=O. The predicted octanol–water partition coefficient (Wildman–Crippen LogP) is -1.16. The van der Waals surface area contributed by atoms with Gasteiger partial charge >= 0.3 is 6.03 Å². The standard InChI is InChI=1S/C9H18N4O/c1-12-5-3-2-4-8(6-10)7-13-9(11)14/h8,12H,3,5-7,10H2,1H3,(H3,11,13,14). The molecule has 0 aliphatic carbocycles. The molecule has 0 rings (SSSR count). The second kappa shape index (κ2) is 8.35. The molecule has 80 valence electrons. The van der Waals surface area contributed by atoms with Gasteiger partial charge in [0.15, 0.2) is 0 Å². The number of hydrogen-bond donors (Lipinski definition) is 4. The Hall–Kier alpha value is -1.25. The molecule has 1 atom stereocenters. The van der Waals surface area contributed by atoms with Gasteiger partial charge in [0, 0.05) is 32.0 Å². The summed E-state index contributed by atoms with van der Waals surface area (Å²) in [5.74, 6) is 5.94. The maximum Gasteiger partial charge on any atom is 0.312 e. The van der Waals surface area contributed by atoms with Gasteiger partial charge in [-0.2, -0.15) is 0 Å². The highest BCUT2D eigenvalue weighted by Crippen LogP contribution is 1.88. The van der Waals surface area contributed by atoms with Crippen molar-refractivity contribution in [3.05, 3.63) is 0 Å². The summed E-state index contributed by atoms with van der Waals surface area (Å²) < 4.78 is 0. The summed E-state index contributed by atoms with van der Waals surface area (Å²) in [7, 11) is 1.87. The molecule has 0 radical (unpaired) electrons. The molecule has 0 aromatic rings. The molecule has 0 aromatic carbocycles. The average molecular weight is 198 g/mol. The molecule has 0 spiro atoms. The van der Waals surface area contributed by atoms with Crippen LogP contribution in [0, 0.1) is 17.8 Å². The van der Waals surface area contributed by atoms with Crippen molar-refractivity contribution in [3.8, 4) is 11.8 Å². The van der Waals surface area contributed by atoms with Crippen LogP contribution in [0.5, 0.6) is 0 Å². The normalized spacial score (nSPS) is 11.3. The fraction of sp³-hybridized carbons (Fsp3) is 0.667. The minimum Gasteiger partial charge on any atom is -0.352 e. The average Bonchev–Trinajstić information content (AvgIpc) is 2.16. The molecule has 6 N–H and O–H groups in total. The van der Waals surface area contributed by atoms with Crippen LogP contribution < -0.4 is 22.1 Å². The molecule has 0 aliphatic rings. The molecule has 5 heteroatoms. The summed E-state index contributed by atoms with van der Waals surface area (Å²) >= 11 is 0. The van der Waals surface area contributed by atoms with Crippen LogP contribution in [0.15, 0.2) is 0 Å². The number of urea groups is 1. The Labute approximate surface area is 84.6 Å². The van der Waals surface area contributed by atoms with Crippen molar-refractivity contribution in [2.75, 3.05) is 26.7 Å². The van der Waals surface area contributed by atoms with E-state index in [0.717, 1.165) is 13.0 Å². The van der Waals surface area contributed by atoms with Crippen LogP contribution in [0.4, 0.5) is 4.79 Å². The van der Waals surface area contributed by atoms with E-state index in [4.69, 9.17) is 11.5 Å². The third-order valence-electron chi connectivity index (χ3n) is 1.61. The summed E-state index contributed by atoms with van der Waals surface area (Å²) in [4.78, 5) is 10.4. The molecule has 0 aliphatic heterocycles. The highest BCUT2D eigenvalue weighted by Gasteiger charge is 2.02. The van der Waals surface area contributed by atoms with E-state index in [-0.39, 0.29) is 5.92 Å². The lowest BCUT2D eigenvalue weighted by molar-refractivity contribution is 0.248. The lowest BCUT2D eigenvalue weighted by atomic mass is 10.1. The van der Waals surface area contributed by atoms with Crippen molar-refractivity contribution >= 4 is 6.03 Å². The molecular formula is C9H18N4O. The van der Waals surface area contributed by atoms with Gasteiger partial charge in [0.25, 0.3) is 0 Å². The molecule has 2 amide bonds. The summed E-state index contributed by atoms with van der Waals surface area (Å²) in [6.07, 6.45) is 0.781. The van der Waals surface area contributed by atoms with Gasteiger partial charge < -0.3 is 22.1 Å². The van der Waals surface area contributed by atoms with E-state index in [9.17, 15) is 4.79 Å². The zero-order valence-electron chi connectivity index (χ0n) is 8.47. The highest BCUT2D eigenvalue weighted by molar-refractivity contribution is 5.71. The number of carbonyl (C=O) groups excluding carboxylic acids is 1. The van der Waals surface area contributed by atoms with Gasteiger partial charge in [-0.3, -0.25) is 0 Å². The van der Waals surface area contributed by atoms with E-state index >= 15 is 0 Å². The van der Waals surface area contributed by atoms with Crippen molar-refractivity contribution in [2.24, 2.45) is 17.4 Å². The second-order valence-corrected chi connectivity index (χ2v) is 2.85.